The van der Waals surface area contributed by atoms with Crippen LogP contribution in [-0.4, -0.2) is 171 Å². The second-order valence-corrected chi connectivity index (χ2v) is 3.68. The predicted molar refractivity (Wildman–Crippen MR) is 75.5 cm³/mol. The summed E-state index contributed by atoms with van der Waals surface area (Å²) in [7, 11) is -10.1. The molecule has 0 aromatic rings. The van der Waals surface area contributed by atoms with Crippen molar-refractivity contribution < 1.29 is 65.9 Å². The summed E-state index contributed by atoms with van der Waals surface area (Å²) in [5, 5.41) is 0. The Morgan fingerprint density at radius 1 is 0.526 bits per heavy atom. The van der Waals surface area contributed by atoms with E-state index in [1.165, 1.54) is 0 Å². The molecule has 0 atom stereocenters. The predicted octanol–water partition coefficient (Wildman–Crippen LogP) is -8.35. The van der Waals surface area contributed by atoms with Crippen molar-refractivity contribution in [3.8, 4) is 0 Å². The Labute approximate surface area is 196 Å². The van der Waals surface area contributed by atoms with Crippen molar-refractivity contribution in [2.24, 2.45) is 0 Å². The fourth-order valence-electron chi connectivity index (χ4n) is 0.139. The molecule has 0 saturated heterocycles. The molecule has 0 amide bonds. The van der Waals surface area contributed by atoms with Crippen LogP contribution in [0.2, 0.25) is 0 Å². The molecular weight excluding hydrogens is 362 g/mol. The minimum atomic E-state index is -5.05. The normalized spacial score (nSPS) is 6.53. The van der Waals surface area contributed by atoms with Crippen LogP contribution < -0.4 is 0 Å². The summed E-state index contributed by atoms with van der Waals surface area (Å²) >= 11 is 0. The molecule has 0 aliphatic heterocycles. The molecule has 19 heavy (non-hydrogen) atoms. The summed E-state index contributed by atoms with van der Waals surface area (Å²) in [5.74, 6) is 0. The van der Waals surface area contributed by atoms with Gasteiger partial charge in [-0.05, 0) is 0 Å². The zero-order valence-electron chi connectivity index (χ0n) is 6.91. The van der Waals surface area contributed by atoms with Crippen molar-refractivity contribution >= 4 is 134 Å². The molecule has 112 valence electrons. The molecule has 0 radical (unpaired) electrons. The van der Waals surface area contributed by atoms with Crippen molar-refractivity contribution in [1.29, 1.82) is 0 Å². The molecule has 0 spiro atoms. The Morgan fingerprint density at radius 2 is 0.632 bits per heavy atom. The van der Waals surface area contributed by atoms with Crippen molar-refractivity contribution in [3.63, 3.8) is 0 Å². The van der Waals surface area contributed by atoms with E-state index < -0.39 is 15.6 Å². The molecule has 0 bridgehead atoms. The topological polar surface area (TPSA) is 313 Å². The third-order valence-electron chi connectivity index (χ3n) is 0.213. The Hall–Kier alpha value is 4.02. The molecule has 0 rings (SSSR count). The first-order valence-electron chi connectivity index (χ1n) is 1.53. The third-order valence-corrected chi connectivity index (χ3v) is 1.91. The van der Waals surface area contributed by atoms with Crippen molar-refractivity contribution in [3.05, 3.63) is 0 Å². The molecule has 0 aromatic carbocycles. The minimum absolute atomic E-state index is 0. The summed E-state index contributed by atoms with van der Waals surface area (Å²) in [6, 6.07) is 0. The van der Waals surface area contributed by atoms with Gasteiger partial charge in [-0.2, -0.15) is 4.31 Å². The summed E-state index contributed by atoms with van der Waals surface area (Å²) in [6.07, 6.45) is 0. The van der Waals surface area contributed by atoms with E-state index in [0.29, 0.717) is 0 Å². The number of hydrogen-bond acceptors (Lipinski definition) is 3. The fourth-order valence-corrected chi connectivity index (χ4v) is 1.25. The van der Waals surface area contributed by atoms with E-state index >= 15 is 0 Å². The van der Waals surface area contributed by atoms with Gasteiger partial charge in [0.05, 0.1) is 0 Å². The first kappa shape index (κ1) is 77.3. The summed E-state index contributed by atoms with van der Waals surface area (Å²) in [6.45, 7) is 0. The van der Waals surface area contributed by atoms with E-state index in [1.54, 1.807) is 0 Å². The van der Waals surface area contributed by atoms with E-state index in [2.05, 4.69) is 4.31 Å². The molecule has 0 unspecified atom stereocenters. The van der Waals surface area contributed by atoms with Crippen LogP contribution in [0.25, 0.3) is 0 Å². The maximum atomic E-state index is 9.63. The van der Waals surface area contributed by atoms with Gasteiger partial charge in [0.2, 0.25) is 0 Å². The molecule has 0 aromatic heterocycles. The summed E-state index contributed by atoms with van der Waals surface area (Å²) in [4.78, 5) is 31.0. The van der Waals surface area contributed by atoms with E-state index in [-0.39, 0.29) is 151 Å². The average Bonchev–Trinajstić information content (AvgIpc) is 1.14. The molecule has 0 aliphatic carbocycles. The summed E-state index contributed by atoms with van der Waals surface area (Å²) < 4.78 is 22.2. The SMILES string of the molecule is O.O.O.O.O.O.O=P(O)(O)OP(=O)(O)O.[NaH].[NaH].[NaH].[NaH]. The van der Waals surface area contributed by atoms with Crippen LogP contribution in [0.1, 0.15) is 0 Å². The van der Waals surface area contributed by atoms with E-state index in [1.807, 2.05) is 0 Å². The van der Waals surface area contributed by atoms with Crippen molar-refractivity contribution in [2.75, 3.05) is 0 Å². The van der Waals surface area contributed by atoms with Gasteiger partial charge < -0.3 is 52.4 Å². The van der Waals surface area contributed by atoms with Crippen LogP contribution in [0.4, 0.5) is 0 Å². The number of hydrogen-bond donors (Lipinski definition) is 4. The quantitative estimate of drug-likeness (QED) is 0.263. The molecule has 0 fully saturated rings. The van der Waals surface area contributed by atoms with Crippen LogP contribution in [0.3, 0.4) is 0 Å². The van der Waals surface area contributed by atoms with Gasteiger partial charge in [0, 0.05) is 0 Å². The fraction of sp³-hybridized carbons (Fsp3) is 0. The van der Waals surface area contributed by atoms with Gasteiger partial charge in [-0.1, -0.05) is 0 Å². The molecule has 16 N–H and O–H groups in total. The zero-order chi connectivity index (χ0) is 7.71. The zero-order valence-corrected chi connectivity index (χ0v) is 8.70. The van der Waals surface area contributed by atoms with Gasteiger partial charge in [-0.15, -0.1) is 0 Å². The van der Waals surface area contributed by atoms with E-state index in [9.17, 15) is 9.13 Å². The molecule has 0 heterocycles. The first-order valence-corrected chi connectivity index (χ1v) is 4.59. The second-order valence-electron chi connectivity index (χ2n) is 1.06. The number of phosphoric acid groups is 2. The first-order chi connectivity index (χ1) is 3.71. The van der Waals surface area contributed by atoms with Crippen LogP contribution in [-0.2, 0) is 13.4 Å². The van der Waals surface area contributed by atoms with E-state index in [0.717, 1.165) is 0 Å². The van der Waals surface area contributed by atoms with Gasteiger partial charge in [0.1, 0.15) is 0 Å². The Kier molecular flexibility index (Phi) is 137. The molecule has 0 saturated carbocycles. The molecule has 13 nitrogen and oxygen atoms in total. The van der Waals surface area contributed by atoms with Gasteiger partial charge >= 0.3 is 134 Å². The second kappa shape index (κ2) is 33.6. The maximum absolute atomic E-state index is 9.63. The Morgan fingerprint density at radius 3 is 0.632 bits per heavy atom. The molecular formula is H20Na4O13P2. The average molecular weight is 382 g/mol. The van der Waals surface area contributed by atoms with Gasteiger partial charge in [0.25, 0.3) is 0 Å². The molecule has 0 aliphatic rings. The molecule has 19 heteroatoms. The third kappa shape index (κ3) is 87.9. The summed E-state index contributed by atoms with van der Waals surface area (Å²) in [5.41, 5.74) is 0. The monoisotopic (exact) mass is 382 g/mol. The van der Waals surface area contributed by atoms with Crippen molar-refractivity contribution in [1.82, 2.24) is 0 Å². The van der Waals surface area contributed by atoms with Crippen LogP contribution >= 0.6 is 15.6 Å². The van der Waals surface area contributed by atoms with E-state index in [4.69, 9.17) is 19.6 Å². The number of rotatable bonds is 2. The van der Waals surface area contributed by atoms with Crippen molar-refractivity contribution in [2.45, 2.75) is 0 Å². The van der Waals surface area contributed by atoms with Gasteiger partial charge in [-0.25, -0.2) is 9.13 Å². The Bertz CT molecular complexity index is 163. The van der Waals surface area contributed by atoms with Gasteiger partial charge in [-0.3, -0.25) is 0 Å². The van der Waals surface area contributed by atoms with Gasteiger partial charge in [0.15, 0.2) is 0 Å². The van der Waals surface area contributed by atoms with Crippen LogP contribution in [0.5, 0.6) is 0 Å². The van der Waals surface area contributed by atoms with Crippen LogP contribution in [0.15, 0.2) is 0 Å². The standard InChI is InChI=1S/4Na.H4O7P2.6H2O.4H/c;;;;1-8(2,3)7-9(4,5)6;;;;;;;;;;/h;;;;(H2,1,2,3)(H2,4,5,6);6*1H2;;;;. The Balaban J connectivity index is -0.00000000711. The van der Waals surface area contributed by atoms with Crippen LogP contribution in [0, 0.1) is 0 Å².